The molecule has 1 saturated heterocycles. The van der Waals surface area contributed by atoms with Crippen LogP contribution >= 0.6 is 0 Å². The van der Waals surface area contributed by atoms with Crippen molar-refractivity contribution in [2.45, 2.75) is 0 Å². The van der Waals surface area contributed by atoms with Crippen molar-refractivity contribution in [2.75, 3.05) is 48.8 Å². The van der Waals surface area contributed by atoms with Crippen molar-refractivity contribution in [3.05, 3.63) is 70.4 Å². The number of rotatable bonds is 6. The number of pyridine rings is 1. The Kier molecular flexibility index (Phi) is 6.34. The van der Waals surface area contributed by atoms with Crippen LogP contribution in [-0.4, -0.2) is 48.5 Å². The first-order chi connectivity index (χ1) is 17.4. The van der Waals surface area contributed by atoms with Gasteiger partial charge in [-0.1, -0.05) is 0 Å². The Hall–Kier alpha value is -4.32. The summed E-state index contributed by atoms with van der Waals surface area (Å²) in [4.78, 5) is 19.2. The largest absolute Gasteiger partial charge is 0.494 e. The van der Waals surface area contributed by atoms with Gasteiger partial charge in [0.15, 0.2) is 11.6 Å². The minimum Gasteiger partial charge on any atom is -0.494 e. The highest BCUT2D eigenvalue weighted by molar-refractivity contribution is 5.95. The summed E-state index contributed by atoms with van der Waals surface area (Å²) in [5.41, 5.74) is 0.420. The van der Waals surface area contributed by atoms with E-state index in [1.54, 1.807) is 6.07 Å². The summed E-state index contributed by atoms with van der Waals surface area (Å²) < 4.78 is 47.4. The van der Waals surface area contributed by atoms with Crippen molar-refractivity contribution in [1.29, 1.82) is 0 Å². The molecule has 1 aliphatic heterocycles. The second-order valence-corrected chi connectivity index (χ2v) is 8.14. The summed E-state index contributed by atoms with van der Waals surface area (Å²) in [6, 6.07) is 8.14. The summed E-state index contributed by atoms with van der Waals surface area (Å²) >= 11 is 0. The molecule has 0 radical (unpaired) electrons. The van der Waals surface area contributed by atoms with E-state index in [2.05, 4.69) is 36.0 Å². The number of aromatic amines is 1. The predicted molar refractivity (Wildman–Crippen MR) is 131 cm³/mol. The Morgan fingerprint density at radius 3 is 2.50 bits per heavy atom. The smallest absolute Gasteiger partial charge is 0.275 e. The van der Waals surface area contributed by atoms with E-state index in [9.17, 15) is 18.0 Å². The second-order valence-electron chi connectivity index (χ2n) is 8.14. The van der Waals surface area contributed by atoms with Crippen molar-refractivity contribution >= 4 is 39.5 Å². The lowest BCUT2D eigenvalue weighted by atomic mass is 10.2. The lowest BCUT2D eigenvalue weighted by molar-refractivity contribution is 0.416. The number of methoxy groups -OCH3 is 1. The first kappa shape index (κ1) is 23.4. The number of benzene rings is 2. The summed E-state index contributed by atoms with van der Waals surface area (Å²) in [5, 5.41) is 15.6. The molecular formula is C24H22F3N7O2. The lowest BCUT2D eigenvalue weighted by Crippen LogP contribution is -2.43. The minimum atomic E-state index is -1.13. The molecule has 5 rings (SSSR count). The van der Waals surface area contributed by atoms with E-state index < -0.39 is 28.7 Å². The van der Waals surface area contributed by atoms with Crippen molar-refractivity contribution < 1.29 is 17.9 Å². The molecule has 0 atom stereocenters. The van der Waals surface area contributed by atoms with Crippen LogP contribution in [-0.2, 0) is 0 Å². The molecule has 0 amide bonds. The Morgan fingerprint density at radius 1 is 1.03 bits per heavy atom. The van der Waals surface area contributed by atoms with Gasteiger partial charge >= 0.3 is 0 Å². The minimum absolute atomic E-state index is 0.0122. The molecule has 2 aromatic heterocycles. The molecule has 0 saturated carbocycles. The predicted octanol–water partition coefficient (Wildman–Crippen LogP) is 3.64. The number of nitrogens with zero attached hydrogens (tertiary/aromatic N) is 3. The lowest BCUT2D eigenvalue weighted by Gasteiger charge is -2.30. The molecule has 1 fully saturated rings. The average Bonchev–Trinajstić information content (AvgIpc) is 2.87. The number of anilines is 5. The van der Waals surface area contributed by atoms with E-state index in [-0.39, 0.29) is 17.0 Å². The maximum atomic E-state index is 14.2. The number of nitrogens with one attached hydrogen (secondary N) is 4. The Balaban J connectivity index is 1.55. The number of fused-ring (bicyclic) bond motifs is 1. The number of ether oxygens (including phenoxy) is 1. The van der Waals surface area contributed by atoms with E-state index >= 15 is 0 Å². The summed E-state index contributed by atoms with van der Waals surface area (Å²) in [6.45, 7) is 3.47. The number of piperazine rings is 1. The topological polar surface area (TPSA) is 107 Å². The van der Waals surface area contributed by atoms with Gasteiger partial charge in [-0.05, 0) is 18.2 Å². The number of aromatic nitrogens is 3. The molecule has 12 heteroatoms. The van der Waals surface area contributed by atoms with E-state index in [1.165, 1.54) is 19.4 Å². The van der Waals surface area contributed by atoms with Crippen LogP contribution < -0.4 is 31.1 Å². The molecular weight excluding hydrogens is 475 g/mol. The van der Waals surface area contributed by atoms with Crippen molar-refractivity contribution in [3.63, 3.8) is 0 Å². The van der Waals surface area contributed by atoms with E-state index in [0.29, 0.717) is 29.0 Å². The van der Waals surface area contributed by atoms with Gasteiger partial charge in [-0.2, -0.15) is 5.10 Å². The molecule has 4 N–H and O–H groups in total. The molecule has 0 bridgehead atoms. The zero-order valence-electron chi connectivity index (χ0n) is 19.2. The maximum absolute atomic E-state index is 14.2. The molecule has 186 valence electrons. The molecule has 2 aromatic carbocycles. The molecule has 1 aliphatic rings. The molecule has 9 nitrogen and oxygen atoms in total. The third-order valence-electron chi connectivity index (χ3n) is 5.83. The highest BCUT2D eigenvalue weighted by Gasteiger charge is 2.18. The second kappa shape index (κ2) is 9.74. The number of H-pyrrole nitrogens is 1. The van der Waals surface area contributed by atoms with Gasteiger partial charge in [0.1, 0.15) is 28.9 Å². The highest BCUT2D eigenvalue weighted by Crippen LogP contribution is 2.34. The highest BCUT2D eigenvalue weighted by atomic mass is 19.1. The Morgan fingerprint density at radius 2 is 1.78 bits per heavy atom. The van der Waals surface area contributed by atoms with Gasteiger partial charge < -0.3 is 25.6 Å². The van der Waals surface area contributed by atoms with Gasteiger partial charge in [0.05, 0.1) is 24.4 Å². The molecule has 4 aromatic rings. The third kappa shape index (κ3) is 4.62. The maximum Gasteiger partial charge on any atom is 0.275 e. The summed E-state index contributed by atoms with van der Waals surface area (Å²) in [5.74, 6) is -2.67. The van der Waals surface area contributed by atoms with Gasteiger partial charge in [-0.25, -0.2) is 23.3 Å². The van der Waals surface area contributed by atoms with Crippen molar-refractivity contribution in [2.24, 2.45) is 0 Å². The van der Waals surface area contributed by atoms with E-state index in [4.69, 9.17) is 4.74 Å². The van der Waals surface area contributed by atoms with Crippen molar-refractivity contribution in [1.82, 2.24) is 20.5 Å². The first-order valence-corrected chi connectivity index (χ1v) is 11.1. The Labute approximate surface area is 203 Å². The SMILES string of the molecule is COc1cc(N2CCNCC2)ccc1Nc1nc(Nc2c(F)cc(F)cc2F)cc2cn[nH]c(=O)c12. The van der Waals surface area contributed by atoms with Crippen LogP contribution in [0.25, 0.3) is 10.8 Å². The monoisotopic (exact) mass is 497 g/mol. The van der Waals surface area contributed by atoms with E-state index in [0.717, 1.165) is 31.9 Å². The first-order valence-electron chi connectivity index (χ1n) is 11.1. The van der Waals surface area contributed by atoms with Gasteiger partial charge in [0.2, 0.25) is 0 Å². The quantitative estimate of drug-likeness (QED) is 0.320. The fourth-order valence-corrected chi connectivity index (χ4v) is 4.10. The normalized spacial score (nSPS) is 13.6. The third-order valence-corrected chi connectivity index (χ3v) is 5.83. The number of halogens is 3. The molecule has 3 heterocycles. The van der Waals surface area contributed by atoms with E-state index in [1.807, 2.05) is 12.1 Å². The standard InChI is InChI=1S/C24H22F3N7O2/c1-36-19-11-15(34-6-4-28-5-7-34)2-3-18(19)30-23-21-13(12-29-33-24(21)35)8-20(32-23)31-22-16(26)9-14(25)10-17(22)27/h2-3,8-12,28H,4-7H2,1H3,(H,33,35)(H2,30,31,32). The fraction of sp³-hybridized carbons (Fsp3) is 0.208. The average molecular weight is 497 g/mol. The molecule has 0 unspecified atom stereocenters. The van der Waals surface area contributed by atoms with Crippen LogP contribution in [0.5, 0.6) is 5.75 Å². The van der Waals surface area contributed by atoms with Gasteiger partial charge in [0.25, 0.3) is 5.56 Å². The number of hydrogen-bond acceptors (Lipinski definition) is 8. The summed E-state index contributed by atoms with van der Waals surface area (Å²) in [7, 11) is 1.53. The van der Waals surface area contributed by atoms with Gasteiger partial charge in [0, 0.05) is 55.5 Å². The zero-order chi connectivity index (χ0) is 25.2. The van der Waals surface area contributed by atoms with Crippen LogP contribution in [0, 0.1) is 17.5 Å². The number of hydrogen-bond donors (Lipinski definition) is 4. The molecule has 0 aliphatic carbocycles. The van der Waals surface area contributed by atoms with Crippen LogP contribution in [0.15, 0.2) is 47.4 Å². The Bertz CT molecular complexity index is 1470. The van der Waals surface area contributed by atoms with Gasteiger partial charge in [-0.15, -0.1) is 0 Å². The van der Waals surface area contributed by atoms with Crippen molar-refractivity contribution in [3.8, 4) is 5.75 Å². The molecule has 0 spiro atoms. The molecule has 36 heavy (non-hydrogen) atoms. The van der Waals surface area contributed by atoms with Crippen LogP contribution in [0.3, 0.4) is 0 Å². The van der Waals surface area contributed by atoms with Crippen LogP contribution in [0.1, 0.15) is 0 Å². The van der Waals surface area contributed by atoms with Crippen LogP contribution in [0.2, 0.25) is 0 Å². The fourth-order valence-electron chi connectivity index (χ4n) is 4.10. The zero-order valence-corrected chi connectivity index (χ0v) is 19.2. The van der Waals surface area contributed by atoms with Crippen LogP contribution in [0.4, 0.5) is 41.9 Å². The summed E-state index contributed by atoms with van der Waals surface area (Å²) in [6.07, 6.45) is 1.39. The van der Waals surface area contributed by atoms with Gasteiger partial charge in [-0.3, -0.25) is 4.79 Å².